The minimum absolute atomic E-state index is 0.0801. The Balaban J connectivity index is 1.60. The normalized spacial score (nSPS) is 15.9. The van der Waals surface area contributed by atoms with Crippen LogP contribution in [0, 0.1) is 0 Å². The third-order valence-corrected chi connectivity index (χ3v) is 3.57. The van der Waals surface area contributed by atoms with E-state index in [1.54, 1.807) is 0 Å². The molecule has 0 aliphatic carbocycles. The third kappa shape index (κ3) is 3.94. The van der Waals surface area contributed by atoms with Gasteiger partial charge in [0.15, 0.2) is 17.6 Å². The molecule has 0 radical (unpaired) electrons. The van der Waals surface area contributed by atoms with Crippen molar-refractivity contribution in [1.29, 1.82) is 0 Å². The molecule has 1 heterocycles. The van der Waals surface area contributed by atoms with E-state index in [1.165, 1.54) is 0 Å². The van der Waals surface area contributed by atoms with Gasteiger partial charge in [-0.3, -0.25) is 4.79 Å². The molecule has 1 unspecified atom stereocenters. The number of hydrogen-bond donors (Lipinski definition) is 1. The van der Waals surface area contributed by atoms with Gasteiger partial charge in [0.05, 0.1) is 0 Å². The molecule has 1 aliphatic heterocycles. The summed E-state index contributed by atoms with van der Waals surface area (Å²) in [6, 6.07) is 15.0. The molecule has 1 atom stereocenters. The van der Waals surface area contributed by atoms with E-state index in [0.717, 1.165) is 11.3 Å². The number of benzene rings is 2. The molecule has 1 aliphatic rings. The maximum atomic E-state index is 10.7. The predicted octanol–water partition coefficient (Wildman–Crippen LogP) is 2.92. The lowest BCUT2D eigenvalue weighted by Gasteiger charge is -2.26. The maximum absolute atomic E-state index is 10.7. The smallest absolute Gasteiger partial charge is 0.303 e. The molecule has 0 saturated carbocycles. The summed E-state index contributed by atoms with van der Waals surface area (Å²) in [4.78, 5) is 10.7. The zero-order valence-corrected chi connectivity index (χ0v) is 12.6. The largest absolute Gasteiger partial charge is 0.489 e. The Labute approximate surface area is 134 Å². The molecule has 0 fully saturated rings. The first-order valence-corrected chi connectivity index (χ1v) is 7.53. The van der Waals surface area contributed by atoms with Crippen LogP contribution in [0.1, 0.15) is 12.0 Å². The number of para-hydroxylation sites is 3. The van der Waals surface area contributed by atoms with Crippen molar-refractivity contribution in [3.8, 4) is 17.2 Å². The molecule has 120 valence electrons. The van der Waals surface area contributed by atoms with Crippen LogP contribution >= 0.6 is 0 Å². The van der Waals surface area contributed by atoms with Gasteiger partial charge in [-0.25, -0.2) is 0 Å². The Kier molecular flexibility index (Phi) is 4.66. The lowest BCUT2D eigenvalue weighted by atomic mass is 10.1. The molecule has 1 N–H and O–H groups in total. The summed E-state index contributed by atoms with van der Waals surface area (Å²) >= 11 is 0. The van der Waals surface area contributed by atoms with Gasteiger partial charge in [-0.1, -0.05) is 30.3 Å². The van der Waals surface area contributed by atoms with Crippen molar-refractivity contribution in [1.82, 2.24) is 0 Å². The first-order chi connectivity index (χ1) is 11.2. The monoisotopic (exact) mass is 314 g/mol. The van der Waals surface area contributed by atoms with E-state index in [0.29, 0.717) is 31.1 Å². The number of carbonyl (C=O) groups is 1. The van der Waals surface area contributed by atoms with E-state index in [4.69, 9.17) is 19.3 Å². The van der Waals surface area contributed by atoms with Crippen molar-refractivity contribution >= 4 is 5.97 Å². The SMILES string of the molecule is O=C(O)CCc1ccccc1OCC1COc2ccccc2O1. The third-order valence-electron chi connectivity index (χ3n) is 3.57. The fraction of sp³-hybridized carbons (Fsp3) is 0.278. The molecule has 0 aromatic heterocycles. The number of fused-ring (bicyclic) bond motifs is 1. The second-order valence-electron chi connectivity index (χ2n) is 5.31. The minimum Gasteiger partial charge on any atom is -0.489 e. The number of aliphatic carboxylic acids is 1. The van der Waals surface area contributed by atoms with Crippen LogP contribution in [0.5, 0.6) is 17.2 Å². The molecule has 2 aromatic rings. The van der Waals surface area contributed by atoms with Gasteiger partial charge < -0.3 is 19.3 Å². The highest BCUT2D eigenvalue weighted by Gasteiger charge is 2.21. The zero-order valence-electron chi connectivity index (χ0n) is 12.6. The Hall–Kier alpha value is -2.69. The Bertz CT molecular complexity index is 683. The molecule has 3 rings (SSSR count). The van der Waals surface area contributed by atoms with Crippen LogP contribution in [0.3, 0.4) is 0 Å². The number of carboxylic acid groups (broad SMARTS) is 1. The van der Waals surface area contributed by atoms with Crippen LogP contribution in [0.2, 0.25) is 0 Å². The molecular weight excluding hydrogens is 296 g/mol. The fourth-order valence-electron chi connectivity index (χ4n) is 2.42. The number of aryl methyl sites for hydroxylation is 1. The van der Waals surface area contributed by atoms with E-state index in [9.17, 15) is 4.79 Å². The Morgan fingerprint density at radius 3 is 2.70 bits per heavy atom. The van der Waals surface area contributed by atoms with E-state index in [2.05, 4.69) is 0 Å². The minimum atomic E-state index is -0.819. The first-order valence-electron chi connectivity index (χ1n) is 7.53. The van der Waals surface area contributed by atoms with Crippen molar-refractivity contribution in [2.45, 2.75) is 18.9 Å². The van der Waals surface area contributed by atoms with E-state index in [-0.39, 0.29) is 12.5 Å². The maximum Gasteiger partial charge on any atom is 0.303 e. The van der Waals surface area contributed by atoms with Crippen molar-refractivity contribution in [2.24, 2.45) is 0 Å². The molecule has 0 spiro atoms. The summed E-state index contributed by atoms with van der Waals surface area (Å²) in [5, 5.41) is 8.82. The topological polar surface area (TPSA) is 65.0 Å². The van der Waals surface area contributed by atoms with E-state index < -0.39 is 5.97 Å². The second kappa shape index (κ2) is 7.05. The second-order valence-corrected chi connectivity index (χ2v) is 5.31. The van der Waals surface area contributed by atoms with Crippen LogP contribution in [0.4, 0.5) is 0 Å². The Morgan fingerprint density at radius 1 is 1.13 bits per heavy atom. The molecule has 5 heteroatoms. The van der Waals surface area contributed by atoms with Gasteiger partial charge >= 0.3 is 5.97 Å². The summed E-state index contributed by atoms with van der Waals surface area (Å²) < 4.78 is 17.3. The lowest BCUT2D eigenvalue weighted by Crippen LogP contribution is -2.34. The van der Waals surface area contributed by atoms with Crippen LogP contribution in [-0.2, 0) is 11.2 Å². The summed E-state index contributed by atoms with van der Waals surface area (Å²) in [5.74, 6) is 1.33. The fourth-order valence-corrected chi connectivity index (χ4v) is 2.42. The molecule has 0 amide bonds. The number of hydrogen-bond acceptors (Lipinski definition) is 4. The average molecular weight is 314 g/mol. The Morgan fingerprint density at radius 2 is 1.87 bits per heavy atom. The van der Waals surface area contributed by atoms with Crippen LogP contribution in [0.25, 0.3) is 0 Å². The number of ether oxygens (including phenoxy) is 3. The van der Waals surface area contributed by atoms with Crippen LogP contribution in [-0.4, -0.2) is 30.4 Å². The number of rotatable bonds is 6. The van der Waals surface area contributed by atoms with Crippen molar-refractivity contribution in [2.75, 3.05) is 13.2 Å². The first kappa shape index (κ1) is 15.2. The van der Waals surface area contributed by atoms with Gasteiger partial charge in [0.2, 0.25) is 0 Å². The summed E-state index contributed by atoms with van der Waals surface area (Å²) in [6.45, 7) is 0.771. The predicted molar refractivity (Wildman–Crippen MR) is 84.2 cm³/mol. The van der Waals surface area contributed by atoms with Gasteiger partial charge in [-0.05, 0) is 30.2 Å². The summed E-state index contributed by atoms with van der Waals surface area (Å²) in [5.41, 5.74) is 0.882. The van der Waals surface area contributed by atoms with Gasteiger partial charge in [-0.2, -0.15) is 0 Å². The lowest BCUT2D eigenvalue weighted by molar-refractivity contribution is -0.136. The van der Waals surface area contributed by atoms with Gasteiger partial charge in [-0.15, -0.1) is 0 Å². The zero-order chi connectivity index (χ0) is 16.1. The number of carboxylic acids is 1. The van der Waals surface area contributed by atoms with E-state index in [1.807, 2.05) is 48.5 Å². The van der Waals surface area contributed by atoms with Crippen LogP contribution < -0.4 is 14.2 Å². The molecule has 2 aromatic carbocycles. The standard InChI is InChI=1S/C18H18O5/c19-18(20)10-9-13-5-1-2-6-15(13)21-11-14-12-22-16-7-3-4-8-17(16)23-14/h1-8,14H,9-12H2,(H,19,20). The van der Waals surface area contributed by atoms with E-state index >= 15 is 0 Å². The molecular formula is C18H18O5. The van der Waals surface area contributed by atoms with Crippen LogP contribution in [0.15, 0.2) is 48.5 Å². The summed E-state index contributed by atoms with van der Waals surface area (Å²) in [7, 11) is 0. The van der Waals surface area contributed by atoms with Crippen molar-refractivity contribution < 1.29 is 24.1 Å². The van der Waals surface area contributed by atoms with Crippen molar-refractivity contribution in [3.05, 3.63) is 54.1 Å². The molecule has 0 bridgehead atoms. The highest BCUT2D eigenvalue weighted by atomic mass is 16.6. The van der Waals surface area contributed by atoms with Gasteiger partial charge in [0.1, 0.15) is 19.0 Å². The van der Waals surface area contributed by atoms with Crippen molar-refractivity contribution in [3.63, 3.8) is 0 Å². The highest BCUT2D eigenvalue weighted by molar-refractivity contribution is 5.67. The molecule has 23 heavy (non-hydrogen) atoms. The quantitative estimate of drug-likeness (QED) is 0.888. The highest BCUT2D eigenvalue weighted by Crippen LogP contribution is 2.31. The molecule has 5 nitrogen and oxygen atoms in total. The summed E-state index contributed by atoms with van der Waals surface area (Å²) in [6.07, 6.45) is 0.324. The van der Waals surface area contributed by atoms with Gasteiger partial charge in [0.25, 0.3) is 0 Å². The molecule has 0 saturated heterocycles. The average Bonchev–Trinajstić information content (AvgIpc) is 2.58. The van der Waals surface area contributed by atoms with Gasteiger partial charge in [0, 0.05) is 6.42 Å².